The van der Waals surface area contributed by atoms with Crippen molar-refractivity contribution in [3.63, 3.8) is 0 Å². The molecule has 1 N–H and O–H groups in total. The fraction of sp³-hybridized carbons (Fsp3) is 0.118. The summed E-state index contributed by atoms with van der Waals surface area (Å²) in [6.45, 7) is 8.89. The third kappa shape index (κ3) is 3.77. The number of phenols is 1. The van der Waals surface area contributed by atoms with E-state index in [1.165, 1.54) is 24.4 Å². The lowest BCUT2D eigenvalue weighted by molar-refractivity contribution is 0.100. The molecule has 0 atom stereocenters. The molecule has 0 fully saturated rings. The van der Waals surface area contributed by atoms with Crippen molar-refractivity contribution in [3.8, 4) is 5.75 Å². The van der Waals surface area contributed by atoms with Crippen molar-refractivity contribution in [3.05, 3.63) is 70.6 Å². The van der Waals surface area contributed by atoms with Gasteiger partial charge in [-0.15, -0.1) is 0 Å². The van der Waals surface area contributed by atoms with E-state index in [0.717, 1.165) is 5.56 Å². The highest BCUT2D eigenvalue weighted by Gasteiger charge is 2.04. The summed E-state index contributed by atoms with van der Waals surface area (Å²) in [7, 11) is 0. The highest BCUT2D eigenvalue weighted by atomic mass is 16.3. The van der Waals surface area contributed by atoms with Crippen molar-refractivity contribution in [2.75, 3.05) is 6.54 Å². The van der Waals surface area contributed by atoms with E-state index in [2.05, 4.69) is 9.84 Å². The summed E-state index contributed by atoms with van der Waals surface area (Å²) in [4.78, 5) is 19.3. The highest BCUT2D eigenvalue weighted by molar-refractivity contribution is 5.99. The van der Waals surface area contributed by atoms with E-state index in [4.69, 9.17) is 6.57 Å². The lowest BCUT2D eigenvalue weighted by atomic mass is 10.1. The fourth-order valence-electron chi connectivity index (χ4n) is 1.77. The van der Waals surface area contributed by atoms with E-state index in [9.17, 15) is 9.90 Å². The molecule has 2 aromatic carbocycles. The summed E-state index contributed by atoms with van der Waals surface area (Å²) < 4.78 is 0. The predicted molar refractivity (Wildman–Crippen MR) is 82.3 cm³/mol. The molecule has 2 aromatic rings. The molecule has 0 spiro atoms. The summed E-state index contributed by atoms with van der Waals surface area (Å²) in [5, 5.41) is 9.66. The maximum atomic E-state index is 11.9. The third-order valence-corrected chi connectivity index (χ3v) is 2.98. The first-order valence-corrected chi connectivity index (χ1v) is 6.40. The maximum absolute atomic E-state index is 11.9. The smallest absolute Gasteiger partial charge is 0.188 e. The van der Waals surface area contributed by atoms with Gasteiger partial charge in [0.25, 0.3) is 0 Å². The van der Waals surface area contributed by atoms with Crippen molar-refractivity contribution in [1.29, 1.82) is 0 Å². The van der Waals surface area contributed by atoms with Gasteiger partial charge in [-0.1, -0.05) is 35.9 Å². The molecule has 0 bridgehead atoms. The Bertz CT molecular complexity index is 725. The van der Waals surface area contributed by atoms with Crippen LogP contribution in [0.5, 0.6) is 5.75 Å². The van der Waals surface area contributed by atoms with Crippen LogP contribution in [0, 0.1) is 13.5 Å². The number of phenolic OH excluding ortho intramolecular Hbond substituents is 1. The summed E-state index contributed by atoms with van der Waals surface area (Å²) >= 11 is 0. The molecule has 104 valence electrons. The van der Waals surface area contributed by atoms with E-state index in [0.29, 0.717) is 16.8 Å². The van der Waals surface area contributed by atoms with Crippen LogP contribution >= 0.6 is 0 Å². The zero-order valence-corrected chi connectivity index (χ0v) is 11.6. The molecule has 0 saturated heterocycles. The van der Waals surface area contributed by atoms with Crippen molar-refractivity contribution in [2.24, 2.45) is 4.99 Å². The second-order valence-corrected chi connectivity index (χ2v) is 4.61. The van der Waals surface area contributed by atoms with Crippen molar-refractivity contribution in [2.45, 2.75) is 6.92 Å². The van der Waals surface area contributed by atoms with Crippen molar-refractivity contribution < 1.29 is 9.90 Å². The van der Waals surface area contributed by atoms with Crippen LogP contribution in [0.2, 0.25) is 0 Å². The van der Waals surface area contributed by atoms with E-state index in [-0.39, 0.29) is 18.1 Å². The van der Waals surface area contributed by atoms with Crippen LogP contribution in [-0.2, 0) is 0 Å². The minimum absolute atomic E-state index is 0.00471. The molecule has 2 rings (SSSR count). The van der Waals surface area contributed by atoms with E-state index >= 15 is 0 Å². The molecule has 4 heteroatoms. The first-order valence-electron chi connectivity index (χ1n) is 6.40. The van der Waals surface area contributed by atoms with Crippen molar-refractivity contribution in [1.82, 2.24) is 0 Å². The number of aryl methyl sites for hydroxylation is 1. The number of Topliss-reactive ketones (excluding diaryl/α,β-unsaturated/α-hetero) is 1. The van der Waals surface area contributed by atoms with Crippen LogP contribution < -0.4 is 0 Å². The second kappa shape index (κ2) is 6.49. The Morgan fingerprint density at radius 2 is 2.00 bits per heavy atom. The Hall–Kier alpha value is -2.93. The Morgan fingerprint density at radius 1 is 1.29 bits per heavy atom. The van der Waals surface area contributed by atoms with E-state index < -0.39 is 0 Å². The van der Waals surface area contributed by atoms with Crippen molar-refractivity contribution >= 4 is 17.7 Å². The van der Waals surface area contributed by atoms with Gasteiger partial charge in [0.1, 0.15) is 12.3 Å². The second-order valence-electron chi connectivity index (χ2n) is 4.61. The monoisotopic (exact) mass is 278 g/mol. The SMILES string of the molecule is [C-]#[N+]c1ccc(O)c(C=NCC(=O)c2ccc(C)cc2)c1. The number of ketones is 1. The number of aliphatic imine (C=N–C) groups is 1. The lowest BCUT2D eigenvalue weighted by Gasteiger charge is -2.00. The molecule has 0 aromatic heterocycles. The molecule has 0 aliphatic carbocycles. The first-order chi connectivity index (χ1) is 10.1. The number of rotatable bonds is 4. The van der Waals surface area contributed by atoms with Gasteiger partial charge in [0.05, 0.1) is 6.57 Å². The van der Waals surface area contributed by atoms with Crippen LogP contribution in [0.3, 0.4) is 0 Å². The van der Waals surface area contributed by atoms with Gasteiger partial charge < -0.3 is 5.11 Å². The third-order valence-electron chi connectivity index (χ3n) is 2.98. The topological polar surface area (TPSA) is 54.0 Å². The van der Waals surface area contributed by atoms with Gasteiger partial charge in [0.2, 0.25) is 0 Å². The summed E-state index contributed by atoms with van der Waals surface area (Å²) in [6, 6.07) is 11.8. The largest absolute Gasteiger partial charge is 0.507 e. The van der Waals surface area contributed by atoms with Gasteiger partial charge in [0.15, 0.2) is 11.5 Å². The highest BCUT2D eigenvalue weighted by Crippen LogP contribution is 2.21. The first kappa shape index (κ1) is 14.5. The minimum atomic E-state index is -0.0907. The van der Waals surface area contributed by atoms with Crippen LogP contribution in [0.1, 0.15) is 21.5 Å². The maximum Gasteiger partial charge on any atom is 0.188 e. The van der Waals surface area contributed by atoms with Crippen LogP contribution in [-0.4, -0.2) is 23.6 Å². The molecule has 0 aliphatic heterocycles. The lowest BCUT2D eigenvalue weighted by Crippen LogP contribution is -2.03. The molecule has 0 amide bonds. The zero-order chi connectivity index (χ0) is 15.2. The standard InChI is InChI=1S/C17H14N2O2/c1-12-3-5-13(6-4-12)17(21)11-19-10-14-9-15(18-2)7-8-16(14)20/h3-10,20H,11H2,1H3. The van der Waals surface area contributed by atoms with Gasteiger partial charge in [-0.05, 0) is 19.1 Å². The fourth-order valence-corrected chi connectivity index (χ4v) is 1.77. The summed E-state index contributed by atoms with van der Waals surface area (Å²) in [5.74, 6) is -0.0546. The normalized spacial score (nSPS) is 10.5. The Labute approximate surface area is 123 Å². The number of aromatic hydroxyl groups is 1. The minimum Gasteiger partial charge on any atom is -0.507 e. The number of benzene rings is 2. The number of hydrogen-bond acceptors (Lipinski definition) is 3. The Morgan fingerprint density at radius 3 is 2.67 bits per heavy atom. The van der Waals surface area contributed by atoms with Crippen LogP contribution in [0.4, 0.5) is 5.69 Å². The average molecular weight is 278 g/mol. The Balaban J connectivity index is 2.07. The molecule has 0 aliphatic rings. The number of nitrogens with zero attached hydrogens (tertiary/aromatic N) is 2. The van der Waals surface area contributed by atoms with Gasteiger partial charge in [-0.25, -0.2) is 4.85 Å². The number of hydrogen-bond donors (Lipinski definition) is 1. The van der Waals surface area contributed by atoms with Gasteiger partial charge in [-0.3, -0.25) is 9.79 Å². The van der Waals surface area contributed by atoms with Crippen LogP contribution in [0.25, 0.3) is 4.85 Å². The molecular formula is C17H14N2O2. The molecular weight excluding hydrogens is 264 g/mol. The van der Waals surface area contributed by atoms with Gasteiger partial charge in [-0.2, -0.15) is 0 Å². The molecule has 4 nitrogen and oxygen atoms in total. The summed E-state index contributed by atoms with van der Waals surface area (Å²) in [6.07, 6.45) is 1.41. The predicted octanol–water partition coefficient (Wildman–Crippen LogP) is 3.55. The quantitative estimate of drug-likeness (QED) is 0.528. The molecule has 0 unspecified atom stereocenters. The molecule has 0 radical (unpaired) electrons. The van der Waals surface area contributed by atoms with Crippen LogP contribution in [0.15, 0.2) is 47.5 Å². The van der Waals surface area contributed by atoms with E-state index in [1.807, 2.05) is 19.1 Å². The van der Waals surface area contributed by atoms with E-state index in [1.54, 1.807) is 12.1 Å². The summed E-state index contributed by atoms with van der Waals surface area (Å²) in [5.41, 5.74) is 2.55. The van der Waals surface area contributed by atoms with Gasteiger partial charge in [0, 0.05) is 17.3 Å². The molecule has 0 saturated carbocycles. The molecule has 21 heavy (non-hydrogen) atoms. The van der Waals surface area contributed by atoms with Gasteiger partial charge >= 0.3 is 0 Å². The average Bonchev–Trinajstić information content (AvgIpc) is 2.49. The Kier molecular flexibility index (Phi) is 4.47. The number of carbonyl (C=O) groups excluding carboxylic acids is 1. The number of carbonyl (C=O) groups is 1. The zero-order valence-electron chi connectivity index (χ0n) is 11.6. The molecule has 0 heterocycles.